The Labute approximate surface area is 177 Å². The highest BCUT2D eigenvalue weighted by Crippen LogP contribution is 2.51. The number of benzene rings is 2. The summed E-state index contributed by atoms with van der Waals surface area (Å²) < 4.78 is 0. The predicted molar refractivity (Wildman–Crippen MR) is 124 cm³/mol. The van der Waals surface area contributed by atoms with Crippen LogP contribution in [0, 0.1) is 5.92 Å². The Morgan fingerprint density at radius 3 is 2.47 bits per heavy atom. The van der Waals surface area contributed by atoms with Crippen molar-refractivity contribution >= 4 is 5.69 Å². The van der Waals surface area contributed by atoms with Crippen LogP contribution < -0.4 is 10.9 Å². The molecule has 0 unspecified atom stereocenters. The molecular weight excluding hydrogens is 368 g/mol. The Bertz CT molecular complexity index is 1200. The van der Waals surface area contributed by atoms with Crippen LogP contribution in [-0.2, 0) is 12.0 Å². The second kappa shape index (κ2) is 7.17. The minimum atomic E-state index is -0.329. The SMILES string of the molecule is C/C=C1\[C@H]2C=C(C)C[C@]1(Nc1ccc(-c3ccccc3)cc1)c1ccc(=O)[nH]c1C2. The number of pyridine rings is 1. The third kappa shape index (κ3) is 3.02. The maximum atomic E-state index is 12.0. The molecule has 150 valence electrons. The topological polar surface area (TPSA) is 44.9 Å². The van der Waals surface area contributed by atoms with Crippen LogP contribution in [-0.4, -0.2) is 4.98 Å². The van der Waals surface area contributed by atoms with Gasteiger partial charge in [-0.25, -0.2) is 0 Å². The highest BCUT2D eigenvalue weighted by molar-refractivity contribution is 5.67. The lowest BCUT2D eigenvalue weighted by molar-refractivity contribution is 0.440. The van der Waals surface area contributed by atoms with Gasteiger partial charge in [0.15, 0.2) is 0 Å². The second-order valence-corrected chi connectivity index (χ2v) is 8.43. The van der Waals surface area contributed by atoms with Gasteiger partial charge in [0.25, 0.3) is 0 Å². The van der Waals surface area contributed by atoms with Crippen molar-refractivity contribution in [3.63, 3.8) is 0 Å². The molecule has 3 aromatic rings. The Morgan fingerprint density at radius 1 is 1.00 bits per heavy atom. The number of hydrogen-bond donors (Lipinski definition) is 2. The van der Waals surface area contributed by atoms with Crippen LogP contribution in [0.4, 0.5) is 5.69 Å². The molecule has 2 aliphatic carbocycles. The van der Waals surface area contributed by atoms with Gasteiger partial charge in [0.2, 0.25) is 5.56 Å². The maximum absolute atomic E-state index is 12.0. The Balaban J connectivity index is 1.59. The zero-order chi connectivity index (χ0) is 20.7. The number of H-pyrrole nitrogens is 1. The van der Waals surface area contributed by atoms with Crippen molar-refractivity contribution in [3.8, 4) is 11.1 Å². The first-order valence-corrected chi connectivity index (χ1v) is 10.6. The van der Waals surface area contributed by atoms with Gasteiger partial charge >= 0.3 is 0 Å². The van der Waals surface area contributed by atoms with Crippen molar-refractivity contribution in [2.24, 2.45) is 5.92 Å². The molecule has 2 aromatic carbocycles. The van der Waals surface area contributed by atoms with Crippen molar-refractivity contribution in [2.75, 3.05) is 5.32 Å². The van der Waals surface area contributed by atoms with Crippen LogP contribution in [0.2, 0.25) is 0 Å². The summed E-state index contributed by atoms with van der Waals surface area (Å²) in [6, 6.07) is 22.8. The van der Waals surface area contributed by atoms with E-state index in [-0.39, 0.29) is 11.1 Å². The molecule has 2 aliphatic rings. The van der Waals surface area contributed by atoms with Crippen LogP contribution in [0.15, 0.2) is 94.8 Å². The lowest BCUT2D eigenvalue weighted by atomic mass is 9.63. The number of hydrogen-bond acceptors (Lipinski definition) is 2. The normalized spacial score (nSPS) is 23.6. The highest BCUT2D eigenvalue weighted by atomic mass is 16.1. The van der Waals surface area contributed by atoms with Crippen molar-refractivity contribution < 1.29 is 0 Å². The van der Waals surface area contributed by atoms with E-state index in [4.69, 9.17) is 0 Å². The number of fused-ring (bicyclic) bond motifs is 4. The quantitative estimate of drug-likeness (QED) is 0.550. The van der Waals surface area contributed by atoms with E-state index < -0.39 is 0 Å². The average molecular weight is 395 g/mol. The molecule has 0 saturated heterocycles. The summed E-state index contributed by atoms with van der Waals surface area (Å²) in [7, 11) is 0. The highest BCUT2D eigenvalue weighted by Gasteiger charge is 2.46. The monoisotopic (exact) mass is 394 g/mol. The summed E-state index contributed by atoms with van der Waals surface area (Å²) in [6.07, 6.45) is 6.36. The van der Waals surface area contributed by atoms with Gasteiger partial charge in [-0.05, 0) is 61.6 Å². The molecule has 1 aromatic heterocycles. The number of aromatic nitrogens is 1. The maximum Gasteiger partial charge on any atom is 0.248 e. The Hall–Kier alpha value is -3.33. The van der Waals surface area contributed by atoms with Gasteiger partial charge in [-0.1, -0.05) is 60.2 Å². The molecule has 0 aliphatic heterocycles. The summed E-state index contributed by atoms with van der Waals surface area (Å²) >= 11 is 0. The van der Waals surface area contributed by atoms with Gasteiger partial charge in [0.05, 0.1) is 5.54 Å². The fraction of sp³-hybridized carbons (Fsp3) is 0.222. The summed E-state index contributed by atoms with van der Waals surface area (Å²) in [5.41, 5.74) is 8.16. The van der Waals surface area contributed by atoms with E-state index in [1.807, 2.05) is 12.1 Å². The molecule has 0 spiro atoms. The first-order valence-electron chi connectivity index (χ1n) is 10.6. The number of rotatable bonds is 3. The summed E-state index contributed by atoms with van der Waals surface area (Å²) in [4.78, 5) is 15.1. The number of nitrogens with one attached hydrogen (secondary N) is 2. The zero-order valence-corrected chi connectivity index (χ0v) is 17.4. The standard InChI is InChI=1S/C27H26N2O/c1-3-23-21-15-18(2)17-27(23,24-13-14-26(30)28-25(24)16-21)29-22-11-9-20(10-12-22)19-7-5-4-6-8-19/h3-15,21,29H,16-17H2,1-2H3,(H,28,30)/b23-3+/t21-,27+/m0/s1. The van der Waals surface area contributed by atoms with E-state index in [1.54, 1.807) is 6.07 Å². The number of allylic oxidation sites excluding steroid dienone is 2. The molecule has 0 saturated carbocycles. The van der Waals surface area contributed by atoms with E-state index in [1.165, 1.54) is 27.8 Å². The Morgan fingerprint density at radius 2 is 1.73 bits per heavy atom. The molecule has 3 heteroatoms. The number of aromatic amines is 1. The van der Waals surface area contributed by atoms with Crippen LogP contribution in [0.25, 0.3) is 11.1 Å². The van der Waals surface area contributed by atoms with Crippen molar-refractivity contribution in [1.29, 1.82) is 0 Å². The lowest BCUT2D eigenvalue weighted by Crippen LogP contribution is -2.47. The minimum absolute atomic E-state index is 0.0289. The first-order chi connectivity index (χ1) is 14.6. The first kappa shape index (κ1) is 18.7. The van der Waals surface area contributed by atoms with Crippen LogP contribution in [0.5, 0.6) is 0 Å². The van der Waals surface area contributed by atoms with E-state index in [0.29, 0.717) is 5.92 Å². The van der Waals surface area contributed by atoms with Gasteiger partial charge in [-0.2, -0.15) is 0 Å². The van der Waals surface area contributed by atoms with E-state index >= 15 is 0 Å². The summed E-state index contributed by atoms with van der Waals surface area (Å²) in [5, 5.41) is 3.88. The summed E-state index contributed by atoms with van der Waals surface area (Å²) in [6.45, 7) is 4.34. The second-order valence-electron chi connectivity index (χ2n) is 8.43. The molecular formula is C27H26N2O. The van der Waals surface area contributed by atoms with Gasteiger partial charge in [0, 0.05) is 28.9 Å². The minimum Gasteiger partial charge on any atom is -0.371 e. The third-order valence-electron chi connectivity index (χ3n) is 6.47. The van der Waals surface area contributed by atoms with Gasteiger partial charge in [-0.3, -0.25) is 4.79 Å². The smallest absolute Gasteiger partial charge is 0.248 e. The molecule has 5 rings (SSSR count). The Kier molecular flexibility index (Phi) is 4.47. The molecule has 1 heterocycles. The van der Waals surface area contributed by atoms with Crippen LogP contribution in [0.3, 0.4) is 0 Å². The fourth-order valence-electron chi connectivity index (χ4n) is 5.31. The van der Waals surface area contributed by atoms with Crippen molar-refractivity contribution in [2.45, 2.75) is 32.2 Å². The van der Waals surface area contributed by atoms with Crippen molar-refractivity contribution in [3.05, 3.63) is 112 Å². The lowest BCUT2D eigenvalue weighted by Gasteiger charge is -2.48. The summed E-state index contributed by atoms with van der Waals surface area (Å²) in [5.74, 6) is 0.311. The number of anilines is 1. The van der Waals surface area contributed by atoms with Gasteiger partial charge < -0.3 is 10.3 Å². The largest absolute Gasteiger partial charge is 0.371 e. The van der Waals surface area contributed by atoms with Gasteiger partial charge in [0.1, 0.15) is 0 Å². The van der Waals surface area contributed by atoms with E-state index in [9.17, 15) is 4.79 Å². The van der Waals surface area contributed by atoms with E-state index in [0.717, 1.165) is 24.2 Å². The molecule has 2 bridgehead atoms. The average Bonchev–Trinajstić information content (AvgIpc) is 2.74. The molecule has 3 nitrogen and oxygen atoms in total. The van der Waals surface area contributed by atoms with E-state index in [2.05, 4.69) is 84.8 Å². The van der Waals surface area contributed by atoms with Crippen LogP contribution in [0.1, 0.15) is 31.5 Å². The van der Waals surface area contributed by atoms with Gasteiger partial charge in [-0.15, -0.1) is 0 Å². The van der Waals surface area contributed by atoms with Crippen LogP contribution >= 0.6 is 0 Å². The molecule has 2 atom stereocenters. The molecule has 30 heavy (non-hydrogen) atoms. The molecule has 0 fully saturated rings. The molecule has 0 radical (unpaired) electrons. The third-order valence-corrected chi connectivity index (χ3v) is 6.47. The zero-order valence-electron chi connectivity index (χ0n) is 17.4. The molecule has 2 N–H and O–H groups in total. The predicted octanol–water partition coefficient (Wildman–Crippen LogP) is 5.82. The fourth-order valence-corrected chi connectivity index (χ4v) is 5.31. The van der Waals surface area contributed by atoms with Crippen molar-refractivity contribution in [1.82, 2.24) is 4.98 Å². The molecule has 0 amide bonds.